The molecule has 1 aliphatic rings. The molecule has 1 amide bonds. The Bertz CT molecular complexity index is 454. The molecule has 6 heteroatoms. The Morgan fingerprint density at radius 3 is 3.20 bits per heavy atom. The van der Waals surface area contributed by atoms with E-state index in [1.54, 1.807) is 18.3 Å². The molecule has 1 fully saturated rings. The van der Waals surface area contributed by atoms with Crippen LogP contribution in [0, 0.1) is 5.92 Å². The van der Waals surface area contributed by atoms with E-state index in [0.29, 0.717) is 23.3 Å². The van der Waals surface area contributed by atoms with Gasteiger partial charge in [0.2, 0.25) is 5.91 Å². The number of likely N-dealkylation sites (tertiary alicyclic amines) is 1. The molecule has 1 aliphatic heterocycles. The van der Waals surface area contributed by atoms with E-state index in [-0.39, 0.29) is 12.5 Å². The maximum atomic E-state index is 12.0. The molecule has 0 saturated carbocycles. The second-order valence-electron chi connectivity index (χ2n) is 5.15. The number of carbonyl (C=O) groups excluding carboxylic acids is 1. The summed E-state index contributed by atoms with van der Waals surface area (Å²) in [5.74, 6) is 0.410. The minimum atomic E-state index is -0.0791. The molecule has 0 aliphatic carbocycles. The second-order valence-corrected chi connectivity index (χ2v) is 5.50. The van der Waals surface area contributed by atoms with E-state index < -0.39 is 0 Å². The van der Waals surface area contributed by atoms with Crippen molar-refractivity contribution in [3.63, 3.8) is 0 Å². The molecule has 0 radical (unpaired) electrons. The topological polar surface area (TPSA) is 65.5 Å². The number of piperidine rings is 1. The summed E-state index contributed by atoms with van der Waals surface area (Å²) in [6.45, 7) is 2.37. The van der Waals surface area contributed by atoms with Crippen molar-refractivity contribution in [2.45, 2.75) is 19.3 Å². The summed E-state index contributed by atoms with van der Waals surface area (Å²) in [6, 6.07) is 3.47. The number of halogens is 1. The molecule has 2 heterocycles. The molecule has 1 aromatic heterocycles. The lowest BCUT2D eigenvalue weighted by Crippen LogP contribution is -2.40. The molecule has 110 valence electrons. The van der Waals surface area contributed by atoms with Gasteiger partial charge in [-0.3, -0.25) is 9.69 Å². The van der Waals surface area contributed by atoms with Crippen molar-refractivity contribution in [2.24, 2.45) is 5.92 Å². The molecule has 0 aromatic carbocycles. The Morgan fingerprint density at radius 2 is 2.45 bits per heavy atom. The van der Waals surface area contributed by atoms with Crippen molar-refractivity contribution in [3.8, 4) is 0 Å². The number of amides is 1. The third kappa shape index (κ3) is 4.44. The predicted octanol–water partition coefficient (Wildman–Crippen LogP) is 1.77. The molecular weight excluding hydrogens is 278 g/mol. The number of aliphatic hydroxyl groups excluding tert-OH is 1. The molecule has 2 rings (SSSR count). The van der Waals surface area contributed by atoms with Crippen molar-refractivity contribution in [2.75, 3.05) is 31.6 Å². The van der Waals surface area contributed by atoms with E-state index >= 15 is 0 Å². The van der Waals surface area contributed by atoms with Crippen LogP contribution >= 0.6 is 11.6 Å². The highest BCUT2D eigenvalue weighted by molar-refractivity contribution is 6.32. The Kier molecular flexibility index (Phi) is 5.76. The summed E-state index contributed by atoms with van der Waals surface area (Å²) >= 11 is 5.91. The molecule has 2 N–H and O–H groups in total. The molecule has 1 saturated heterocycles. The van der Waals surface area contributed by atoms with Crippen LogP contribution in [0.25, 0.3) is 0 Å². The Labute approximate surface area is 123 Å². The van der Waals surface area contributed by atoms with Gasteiger partial charge in [0.25, 0.3) is 0 Å². The van der Waals surface area contributed by atoms with Gasteiger partial charge in [-0.2, -0.15) is 0 Å². The molecule has 1 aromatic rings. The number of aromatic nitrogens is 1. The predicted molar refractivity (Wildman–Crippen MR) is 78.7 cm³/mol. The van der Waals surface area contributed by atoms with Gasteiger partial charge in [-0.05, 0) is 43.9 Å². The average molecular weight is 298 g/mol. The lowest BCUT2D eigenvalue weighted by Gasteiger charge is -2.31. The zero-order chi connectivity index (χ0) is 14.4. The number of pyridine rings is 1. The van der Waals surface area contributed by atoms with Gasteiger partial charge < -0.3 is 10.4 Å². The fourth-order valence-corrected chi connectivity index (χ4v) is 2.75. The first-order valence-electron chi connectivity index (χ1n) is 6.92. The van der Waals surface area contributed by atoms with Crippen LogP contribution in [0.15, 0.2) is 18.3 Å². The quantitative estimate of drug-likeness (QED) is 0.813. The summed E-state index contributed by atoms with van der Waals surface area (Å²) < 4.78 is 0. The van der Waals surface area contributed by atoms with Crippen LogP contribution in [0.2, 0.25) is 5.15 Å². The highest BCUT2D eigenvalue weighted by atomic mass is 35.5. The normalized spacial score (nSPS) is 19.8. The minimum absolute atomic E-state index is 0.0791. The number of carbonyl (C=O) groups is 1. The Morgan fingerprint density at radius 1 is 1.60 bits per heavy atom. The summed E-state index contributed by atoms with van der Waals surface area (Å²) in [5.41, 5.74) is 0.545. The SMILES string of the molecule is O=C(CN1CCCC(CCO)C1)Nc1cccnc1Cl. The van der Waals surface area contributed by atoms with Gasteiger partial charge in [-0.1, -0.05) is 11.6 Å². The number of rotatable bonds is 5. The van der Waals surface area contributed by atoms with E-state index in [4.69, 9.17) is 16.7 Å². The zero-order valence-electron chi connectivity index (χ0n) is 11.4. The van der Waals surface area contributed by atoms with Gasteiger partial charge in [0.15, 0.2) is 5.15 Å². The number of aliphatic hydroxyl groups is 1. The largest absolute Gasteiger partial charge is 0.396 e. The zero-order valence-corrected chi connectivity index (χ0v) is 12.1. The van der Waals surface area contributed by atoms with Crippen LogP contribution < -0.4 is 5.32 Å². The molecule has 1 atom stereocenters. The van der Waals surface area contributed by atoms with Gasteiger partial charge in [0.05, 0.1) is 12.2 Å². The van der Waals surface area contributed by atoms with E-state index in [0.717, 1.165) is 32.4 Å². The maximum Gasteiger partial charge on any atom is 0.238 e. The van der Waals surface area contributed by atoms with Gasteiger partial charge in [-0.25, -0.2) is 4.98 Å². The van der Waals surface area contributed by atoms with Crippen LogP contribution in [0.5, 0.6) is 0 Å². The second kappa shape index (κ2) is 7.57. The first kappa shape index (κ1) is 15.2. The number of hydrogen-bond acceptors (Lipinski definition) is 4. The van der Waals surface area contributed by atoms with Crippen molar-refractivity contribution in [1.82, 2.24) is 9.88 Å². The smallest absolute Gasteiger partial charge is 0.238 e. The summed E-state index contributed by atoms with van der Waals surface area (Å²) in [6.07, 6.45) is 4.60. The van der Waals surface area contributed by atoms with E-state index in [1.807, 2.05) is 0 Å². The Hall–Kier alpha value is -1.17. The third-order valence-corrected chi connectivity index (χ3v) is 3.84. The lowest BCUT2D eigenvalue weighted by molar-refractivity contribution is -0.117. The standard InChI is InChI=1S/C14H20ClN3O2/c15-14-12(4-1-6-16-14)17-13(20)10-18-7-2-3-11(9-18)5-8-19/h1,4,6,11,19H,2-3,5,7-10H2,(H,17,20). The van der Waals surface area contributed by atoms with E-state index in [2.05, 4.69) is 15.2 Å². The first-order valence-corrected chi connectivity index (χ1v) is 7.30. The summed E-state index contributed by atoms with van der Waals surface area (Å²) in [5, 5.41) is 12.1. The molecule has 0 bridgehead atoms. The number of anilines is 1. The first-order chi connectivity index (χ1) is 9.69. The fraction of sp³-hybridized carbons (Fsp3) is 0.571. The Balaban J connectivity index is 1.84. The van der Waals surface area contributed by atoms with Crippen molar-refractivity contribution in [1.29, 1.82) is 0 Å². The highest BCUT2D eigenvalue weighted by Gasteiger charge is 2.21. The molecule has 5 nitrogen and oxygen atoms in total. The van der Waals surface area contributed by atoms with Crippen LogP contribution in [-0.4, -0.2) is 47.1 Å². The number of nitrogens with one attached hydrogen (secondary N) is 1. The highest BCUT2D eigenvalue weighted by Crippen LogP contribution is 2.20. The summed E-state index contributed by atoms with van der Waals surface area (Å²) in [4.78, 5) is 18.1. The number of hydrogen-bond donors (Lipinski definition) is 2. The maximum absolute atomic E-state index is 12.0. The third-order valence-electron chi connectivity index (χ3n) is 3.54. The van der Waals surface area contributed by atoms with Crippen molar-refractivity contribution >= 4 is 23.2 Å². The lowest BCUT2D eigenvalue weighted by atomic mass is 9.95. The van der Waals surface area contributed by atoms with Crippen LogP contribution in [0.1, 0.15) is 19.3 Å². The molecule has 1 unspecified atom stereocenters. The number of nitrogens with zero attached hydrogens (tertiary/aromatic N) is 2. The van der Waals surface area contributed by atoms with E-state index in [1.165, 1.54) is 0 Å². The average Bonchev–Trinajstić information content (AvgIpc) is 2.42. The van der Waals surface area contributed by atoms with Crippen LogP contribution in [0.4, 0.5) is 5.69 Å². The van der Waals surface area contributed by atoms with Crippen LogP contribution in [-0.2, 0) is 4.79 Å². The van der Waals surface area contributed by atoms with Crippen molar-refractivity contribution < 1.29 is 9.90 Å². The van der Waals surface area contributed by atoms with Gasteiger partial charge in [0, 0.05) is 19.3 Å². The van der Waals surface area contributed by atoms with Gasteiger partial charge in [0.1, 0.15) is 0 Å². The molecule has 20 heavy (non-hydrogen) atoms. The van der Waals surface area contributed by atoms with E-state index in [9.17, 15) is 4.79 Å². The monoisotopic (exact) mass is 297 g/mol. The molecule has 0 spiro atoms. The summed E-state index contributed by atoms with van der Waals surface area (Å²) in [7, 11) is 0. The van der Waals surface area contributed by atoms with Crippen molar-refractivity contribution in [3.05, 3.63) is 23.5 Å². The van der Waals surface area contributed by atoms with Gasteiger partial charge in [-0.15, -0.1) is 0 Å². The van der Waals surface area contributed by atoms with Gasteiger partial charge >= 0.3 is 0 Å². The molecular formula is C14H20ClN3O2. The minimum Gasteiger partial charge on any atom is -0.396 e. The van der Waals surface area contributed by atoms with Crippen LogP contribution in [0.3, 0.4) is 0 Å². The fourth-order valence-electron chi connectivity index (χ4n) is 2.59.